The molecule has 0 radical (unpaired) electrons. The van der Waals surface area contributed by atoms with Gasteiger partial charge >= 0.3 is 5.97 Å². The van der Waals surface area contributed by atoms with Crippen LogP contribution in [0.25, 0.3) is 5.57 Å². The van der Waals surface area contributed by atoms with E-state index in [0.29, 0.717) is 5.56 Å². The molecule has 130 valence electrons. The van der Waals surface area contributed by atoms with E-state index in [-0.39, 0.29) is 37.5 Å². The zero-order valence-electron chi connectivity index (χ0n) is 13.3. The van der Waals surface area contributed by atoms with Crippen molar-refractivity contribution in [2.75, 3.05) is 20.3 Å². The average molecular weight is 339 g/mol. The monoisotopic (exact) mass is 339 g/mol. The Morgan fingerprint density at radius 1 is 1.42 bits per heavy atom. The molecule has 0 unspecified atom stereocenters. The number of carboxylic acids is 1. The van der Waals surface area contributed by atoms with Gasteiger partial charge in [-0.05, 0) is 36.3 Å². The predicted molar refractivity (Wildman–Crippen MR) is 85.9 cm³/mol. The number of carbonyl (C=O) groups is 1. The van der Waals surface area contributed by atoms with E-state index in [0.717, 1.165) is 12.2 Å². The topological polar surface area (TPSA) is 68.7 Å². The molecule has 0 spiro atoms. The third-order valence-corrected chi connectivity index (χ3v) is 2.82. The average Bonchev–Trinajstić information content (AvgIpc) is 2.53. The van der Waals surface area contributed by atoms with Crippen LogP contribution < -0.4 is 4.74 Å². The van der Waals surface area contributed by atoms with Gasteiger partial charge in [0.2, 0.25) is 5.88 Å². The van der Waals surface area contributed by atoms with Gasteiger partial charge in [-0.25, -0.2) is 13.8 Å². The molecular weight excluding hydrogens is 320 g/mol. The quantitative estimate of drug-likeness (QED) is 0.520. The fourth-order valence-electron chi connectivity index (χ4n) is 1.84. The highest BCUT2D eigenvalue weighted by molar-refractivity contribution is 5.78. The van der Waals surface area contributed by atoms with E-state index in [1.54, 1.807) is 12.1 Å². The van der Waals surface area contributed by atoms with E-state index in [1.165, 1.54) is 13.3 Å². The number of ether oxygens (including phenoxy) is 2. The first-order chi connectivity index (χ1) is 11.4. The van der Waals surface area contributed by atoms with Crippen LogP contribution in [-0.2, 0) is 9.53 Å². The normalized spacial score (nSPS) is 12.1. The molecule has 0 saturated carbocycles. The lowest BCUT2D eigenvalue weighted by molar-refractivity contribution is -0.137. The Morgan fingerprint density at radius 2 is 2.17 bits per heavy atom. The van der Waals surface area contributed by atoms with E-state index in [1.807, 2.05) is 0 Å². The van der Waals surface area contributed by atoms with Gasteiger partial charge in [-0.1, -0.05) is 6.58 Å². The number of carboxylic acid groups (broad SMARTS) is 1. The molecular formula is C17H19F2NO4. The van der Waals surface area contributed by atoms with Gasteiger partial charge < -0.3 is 14.6 Å². The molecule has 0 aliphatic rings. The van der Waals surface area contributed by atoms with E-state index in [9.17, 15) is 13.6 Å². The highest BCUT2D eigenvalue weighted by Crippen LogP contribution is 2.27. The summed E-state index contributed by atoms with van der Waals surface area (Å²) in [6.07, 6.45) is 3.88. The van der Waals surface area contributed by atoms with Crippen molar-refractivity contribution in [3.63, 3.8) is 0 Å². The smallest absolute Gasteiger partial charge is 0.303 e. The van der Waals surface area contributed by atoms with Crippen molar-refractivity contribution < 1.29 is 28.2 Å². The molecule has 0 saturated heterocycles. The maximum Gasteiger partial charge on any atom is 0.303 e. The minimum absolute atomic E-state index is 0.0506. The van der Waals surface area contributed by atoms with E-state index in [2.05, 4.69) is 11.6 Å². The maximum absolute atomic E-state index is 14.0. The second kappa shape index (κ2) is 10.3. The van der Waals surface area contributed by atoms with E-state index < -0.39 is 17.6 Å². The van der Waals surface area contributed by atoms with Gasteiger partial charge in [0.15, 0.2) is 0 Å². The van der Waals surface area contributed by atoms with Crippen LogP contribution in [0.1, 0.15) is 18.4 Å². The SMILES string of the molecule is C=C(F)/C=C(\C=C(\F)COCCCC(=O)O)c1cccnc1OC. The number of pyridine rings is 1. The Kier molecular flexibility index (Phi) is 8.35. The second-order valence-corrected chi connectivity index (χ2v) is 4.75. The lowest BCUT2D eigenvalue weighted by Crippen LogP contribution is -2.02. The number of rotatable bonds is 10. The van der Waals surface area contributed by atoms with Gasteiger partial charge in [0, 0.05) is 24.8 Å². The molecule has 1 aromatic rings. The Bertz CT molecular complexity index is 641. The number of methoxy groups -OCH3 is 1. The van der Waals surface area contributed by atoms with Gasteiger partial charge in [-0.2, -0.15) is 0 Å². The largest absolute Gasteiger partial charge is 0.481 e. The van der Waals surface area contributed by atoms with Gasteiger partial charge in [0.25, 0.3) is 0 Å². The highest BCUT2D eigenvalue weighted by atomic mass is 19.1. The van der Waals surface area contributed by atoms with Crippen molar-refractivity contribution in [3.05, 3.63) is 54.3 Å². The summed E-state index contributed by atoms with van der Waals surface area (Å²) < 4.78 is 37.3. The molecule has 1 N–H and O–H groups in total. The van der Waals surface area contributed by atoms with Crippen LogP contribution in [0.2, 0.25) is 0 Å². The molecule has 0 fully saturated rings. The van der Waals surface area contributed by atoms with Crippen LogP contribution in [0.5, 0.6) is 5.88 Å². The standard InChI is InChI=1S/C17H19F2NO4/c1-12(18)9-13(15-5-3-7-20-17(15)23-2)10-14(19)11-24-8-4-6-16(21)22/h3,5,7,9-10H,1,4,6,8,11H2,2H3,(H,21,22)/b13-9+,14-10+. The molecule has 0 atom stereocenters. The van der Waals surface area contributed by atoms with Crippen molar-refractivity contribution in [2.45, 2.75) is 12.8 Å². The Labute approximate surface area is 138 Å². The predicted octanol–water partition coefficient (Wildman–Crippen LogP) is 3.69. The number of aliphatic carboxylic acids is 1. The summed E-state index contributed by atoms with van der Waals surface area (Å²) in [5.41, 5.74) is 0.596. The summed E-state index contributed by atoms with van der Waals surface area (Å²) >= 11 is 0. The molecule has 0 amide bonds. The molecule has 1 heterocycles. The number of aromatic nitrogens is 1. The molecule has 1 aromatic heterocycles. The Hall–Kier alpha value is -2.54. The molecule has 0 bridgehead atoms. The zero-order valence-corrected chi connectivity index (χ0v) is 13.3. The second-order valence-electron chi connectivity index (χ2n) is 4.75. The Balaban J connectivity index is 2.82. The lowest BCUT2D eigenvalue weighted by atomic mass is 10.1. The lowest BCUT2D eigenvalue weighted by Gasteiger charge is -2.08. The number of hydrogen-bond donors (Lipinski definition) is 1. The first kappa shape index (κ1) is 19.5. The van der Waals surface area contributed by atoms with Crippen LogP contribution in [0.3, 0.4) is 0 Å². The molecule has 7 heteroatoms. The summed E-state index contributed by atoms with van der Waals surface area (Å²) in [7, 11) is 1.40. The fraction of sp³-hybridized carbons (Fsp3) is 0.294. The molecule has 0 aliphatic carbocycles. The van der Waals surface area contributed by atoms with Crippen molar-refractivity contribution in [1.29, 1.82) is 0 Å². The molecule has 24 heavy (non-hydrogen) atoms. The molecule has 1 rings (SSSR count). The number of allylic oxidation sites excluding steroid dienone is 4. The third kappa shape index (κ3) is 7.15. The van der Waals surface area contributed by atoms with Crippen LogP contribution in [0, 0.1) is 0 Å². The summed E-state index contributed by atoms with van der Waals surface area (Å²) in [5, 5.41) is 8.49. The van der Waals surface area contributed by atoms with Crippen molar-refractivity contribution >= 4 is 11.5 Å². The van der Waals surface area contributed by atoms with Gasteiger partial charge in [-0.3, -0.25) is 4.79 Å². The molecule has 0 aliphatic heterocycles. The van der Waals surface area contributed by atoms with Crippen molar-refractivity contribution in [2.24, 2.45) is 0 Å². The summed E-state index contributed by atoms with van der Waals surface area (Å²) in [6.45, 7) is 2.90. The van der Waals surface area contributed by atoms with Gasteiger partial charge in [-0.15, -0.1) is 0 Å². The summed E-state index contributed by atoms with van der Waals surface area (Å²) in [6, 6.07) is 3.22. The number of halogens is 2. The van der Waals surface area contributed by atoms with Crippen LogP contribution in [0.4, 0.5) is 8.78 Å². The van der Waals surface area contributed by atoms with Gasteiger partial charge in [0.05, 0.1) is 13.7 Å². The molecule has 0 aromatic carbocycles. The zero-order chi connectivity index (χ0) is 17.9. The minimum Gasteiger partial charge on any atom is -0.481 e. The summed E-state index contributed by atoms with van der Waals surface area (Å²) in [4.78, 5) is 14.3. The Morgan fingerprint density at radius 3 is 2.79 bits per heavy atom. The van der Waals surface area contributed by atoms with Gasteiger partial charge in [0.1, 0.15) is 11.7 Å². The first-order valence-electron chi connectivity index (χ1n) is 7.15. The van der Waals surface area contributed by atoms with Crippen molar-refractivity contribution in [1.82, 2.24) is 4.98 Å². The van der Waals surface area contributed by atoms with Crippen molar-refractivity contribution in [3.8, 4) is 5.88 Å². The van der Waals surface area contributed by atoms with Crippen LogP contribution >= 0.6 is 0 Å². The number of nitrogens with zero attached hydrogens (tertiary/aromatic N) is 1. The van der Waals surface area contributed by atoms with E-state index in [4.69, 9.17) is 14.6 Å². The first-order valence-corrected chi connectivity index (χ1v) is 7.15. The highest BCUT2D eigenvalue weighted by Gasteiger charge is 2.10. The maximum atomic E-state index is 14.0. The minimum atomic E-state index is -0.940. The van der Waals surface area contributed by atoms with E-state index >= 15 is 0 Å². The van der Waals surface area contributed by atoms with Crippen LogP contribution in [-0.4, -0.2) is 36.4 Å². The fourth-order valence-corrected chi connectivity index (χ4v) is 1.84. The third-order valence-electron chi connectivity index (χ3n) is 2.82. The summed E-state index contributed by atoms with van der Waals surface area (Å²) in [5.74, 6) is -2.12. The number of hydrogen-bond acceptors (Lipinski definition) is 4. The van der Waals surface area contributed by atoms with Crippen LogP contribution in [0.15, 0.2) is 48.7 Å². The molecule has 5 nitrogen and oxygen atoms in total.